The number of aryl methyl sites for hydroxylation is 1. The molecular formula is C18H21ClN2O4S. The van der Waals surface area contributed by atoms with Crippen molar-refractivity contribution in [3.05, 3.63) is 67.4 Å². The van der Waals surface area contributed by atoms with Gasteiger partial charge in [-0.25, -0.2) is 4.79 Å². The van der Waals surface area contributed by atoms with Gasteiger partial charge in [0.25, 0.3) is 5.56 Å². The van der Waals surface area contributed by atoms with E-state index in [-0.39, 0.29) is 11.7 Å². The normalized spacial score (nSPS) is 22.7. The van der Waals surface area contributed by atoms with Gasteiger partial charge in [-0.3, -0.25) is 14.3 Å². The van der Waals surface area contributed by atoms with Gasteiger partial charge in [0.2, 0.25) is 0 Å². The summed E-state index contributed by atoms with van der Waals surface area (Å²) < 4.78 is 7.25. The molecule has 0 bridgehead atoms. The highest BCUT2D eigenvalue weighted by atomic mass is 35.5. The third-order valence-electron chi connectivity index (χ3n) is 4.43. The van der Waals surface area contributed by atoms with E-state index in [0.717, 1.165) is 16.3 Å². The van der Waals surface area contributed by atoms with Crippen LogP contribution in [0.3, 0.4) is 0 Å². The molecule has 1 aliphatic heterocycles. The fourth-order valence-electron chi connectivity index (χ4n) is 2.93. The van der Waals surface area contributed by atoms with E-state index in [1.54, 1.807) is 11.8 Å². The van der Waals surface area contributed by atoms with Crippen LogP contribution in [0, 0.1) is 0 Å². The molecule has 6 nitrogen and oxygen atoms in total. The first-order valence-corrected chi connectivity index (χ1v) is 10.0. The maximum atomic E-state index is 12.1. The Bertz CT molecular complexity index is 882. The number of nitrogens with zero attached hydrogens (tertiary/aromatic N) is 1. The van der Waals surface area contributed by atoms with Crippen LogP contribution in [0.25, 0.3) is 0 Å². The van der Waals surface area contributed by atoms with E-state index in [1.807, 2.05) is 31.2 Å². The number of H-pyrrole nitrogens is 1. The van der Waals surface area contributed by atoms with Crippen LogP contribution in [0.2, 0.25) is 5.02 Å². The predicted octanol–water partition coefficient (Wildman–Crippen LogP) is 2.33. The Balaban J connectivity index is 1.64. The standard InChI is InChI=1S/C18H21ClN2O4S/c1-2-11-8-21(18(24)20-17(11)23)16-7-14(22)15(25-16)10-26-9-12-5-3-4-6-13(12)19/h3-6,8,14-16,22H,2,7,9-10H2,1H3,(H,20,23,24)/t14-,15+,16+/m0/s1. The summed E-state index contributed by atoms with van der Waals surface area (Å²) in [5, 5.41) is 11.0. The van der Waals surface area contributed by atoms with Crippen molar-refractivity contribution in [2.45, 2.75) is 44.0 Å². The molecule has 2 N–H and O–H groups in total. The van der Waals surface area contributed by atoms with Gasteiger partial charge in [-0.2, -0.15) is 11.8 Å². The van der Waals surface area contributed by atoms with Crippen molar-refractivity contribution in [2.24, 2.45) is 0 Å². The Morgan fingerprint density at radius 3 is 2.85 bits per heavy atom. The minimum absolute atomic E-state index is 0.312. The molecule has 0 unspecified atom stereocenters. The van der Waals surface area contributed by atoms with Crippen LogP contribution in [0.15, 0.2) is 40.1 Å². The summed E-state index contributed by atoms with van der Waals surface area (Å²) in [6.07, 6.45) is 0.733. The van der Waals surface area contributed by atoms with Crippen LogP contribution in [-0.2, 0) is 16.9 Å². The number of rotatable bonds is 6. The van der Waals surface area contributed by atoms with Gasteiger partial charge in [-0.05, 0) is 18.1 Å². The van der Waals surface area contributed by atoms with E-state index < -0.39 is 18.0 Å². The van der Waals surface area contributed by atoms with Crippen LogP contribution in [0.1, 0.15) is 30.7 Å². The fraction of sp³-hybridized carbons (Fsp3) is 0.444. The summed E-state index contributed by atoms with van der Waals surface area (Å²) in [4.78, 5) is 26.1. The van der Waals surface area contributed by atoms with Gasteiger partial charge >= 0.3 is 5.69 Å². The smallest absolute Gasteiger partial charge is 0.330 e. The van der Waals surface area contributed by atoms with Crippen LogP contribution in [0.5, 0.6) is 0 Å². The molecule has 0 aliphatic carbocycles. The van der Waals surface area contributed by atoms with Gasteiger partial charge < -0.3 is 9.84 Å². The topological polar surface area (TPSA) is 84.3 Å². The van der Waals surface area contributed by atoms with Crippen molar-refractivity contribution in [1.82, 2.24) is 9.55 Å². The molecule has 140 valence electrons. The molecule has 1 aromatic carbocycles. The first kappa shape index (κ1) is 19.2. The first-order valence-electron chi connectivity index (χ1n) is 8.48. The van der Waals surface area contributed by atoms with Crippen LogP contribution < -0.4 is 11.2 Å². The maximum absolute atomic E-state index is 12.1. The second kappa shape index (κ2) is 8.43. The summed E-state index contributed by atoms with van der Waals surface area (Å²) in [5.74, 6) is 1.30. The Hall–Kier alpha value is -1.54. The quantitative estimate of drug-likeness (QED) is 0.782. The molecule has 3 rings (SSSR count). The second-order valence-corrected chi connectivity index (χ2v) is 7.65. The number of nitrogens with one attached hydrogen (secondary N) is 1. The first-order chi connectivity index (χ1) is 12.5. The SMILES string of the molecule is CCc1cn([C@H]2C[C@H](O)[C@@H](CSCc3ccccc3Cl)O2)c(=O)[nH]c1=O. The molecule has 0 radical (unpaired) electrons. The largest absolute Gasteiger partial charge is 0.390 e. The van der Waals surface area contributed by atoms with Crippen molar-refractivity contribution in [1.29, 1.82) is 0 Å². The molecule has 8 heteroatoms. The molecule has 0 saturated carbocycles. The zero-order valence-electron chi connectivity index (χ0n) is 14.4. The van der Waals surface area contributed by atoms with Gasteiger partial charge in [-0.15, -0.1) is 0 Å². The molecule has 2 heterocycles. The predicted molar refractivity (Wildman–Crippen MR) is 103 cm³/mol. The van der Waals surface area contributed by atoms with E-state index in [0.29, 0.717) is 24.2 Å². The van der Waals surface area contributed by atoms with Crippen molar-refractivity contribution >= 4 is 23.4 Å². The Kier molecular flexibility index (Phi) is 6.24. The lowest BCUT2D eigenvalue weighted by Crippen LogP contribution is -2.34. The minimum atomic E-state index is -0.664. The van der Waals surface area contributed by atoms with Gasteiger partial charge in [0, 0.05) is 34.7 Å². The lowest BCUT2D eigenvalue weighted by atomic mass is 10.2. The number of ether oxygens (including phenoxy) is 1. The maximum Gasteiger partial charge on any atom is 0.330 e. The van der Waals surface area contributed by atoms with Gasteiger partial charge in [0.05, 0.1) is 12.2 Å². The summed E-state index contributed by atoms with van der Waals surface area (Å²) in [5.41, 5.74) is 0.653. The second-order valence-electron chi connectivity index (χ2n) is 6.21. The molecule has 1 saturated heterocycles. The van der Waals surface area contributed by atoms with Crippen LogP contribution >= 0.6 is 23.4 Å². The van der Waals surface area contributed by atoms with E-state index in [1.165, 1.54) is 10.8 Å². The van der Waals surface area contributed by atoms with Crippen LogP contribution in [0.4, 0.5) is 0 Å². The molecular weight excluding hydrogens is 376 g/mol. The highest BCUT2D eigenvalue weighted by Crippen LogP contribution is 2.31. The average Bonchev–Trinajstić information content (AvgIpc) is 2.97. The molecule has 1 aromatic heterocycles. The molecule has 1 fully saturated rings. The Labute approximate surface area is 160 Å². The number of thioether (sulfide) groups is 1. The van der Waals surface area contributed by atoms with Gasteiger partial charge in [0.1, 0.15) is 6.23 Å². The van der Waals surface area contributed by atoms with E-state index in [2.05, 4.69) is 4.98 Å². The zero-order valence-corrected chi connectivity index (χ0v) is 15.9. The Morgan fingerprint density at radius 2 is 2.12 bits per heavy atom. The number of hydrogen-bond acceptors (Lipinski definition) is 5. The molecule has 1 aliphatic rings. The van der Waals surface area contributed by atoms with Crippen LogP contribution in [-0.4, -0.2) is 32.6 Å². The number of aliphatic hydroxyl groups excluding tert-OH is 1. The molecule has 0 amide bonds. The number of aromatic amines is 1. The third-order valence-corrected chi connectivity index (χ3v) is 5.88. The molecule has 3 atom stereocenters. The van der Waals surface area contributed by atoms with Crippen molar-refractivity contribution in [3.8, 4) is 0 Å². The summed E-state index contributed by atoms with van der Waals surface area (Å²) in [7, 11) is 0. The lowest BCUT2D eigenvalue weighted by Gasteiger charge is -2.16. The average molecular weight is 397 g/mol. The van der Waals surface area contributed by atoms with Gasteiger partial charge in [-0.1, -0.05) is 36.7 Å². The highest BCUT2D eigenvalue weighted by molar-refractivity contribution is 7.98. The number of hydrogen-bond donors (Lipinski definition) is 2. The lowest BCUT2D eigenvalue weighted by molar-refractivity contribution is -0.00767. The summed E-state index contributed by atoms with van der Waals surface area (Å²) >= 11 is 7.77. The summed E-state index contributed by atoms with van der Waals surface area (Å²) in [6.45, 7) is 1.85. The Morgan fingerprint density at radius 1 is 1.35 bits per heavy atom. The van der Waals surface area contributed by atoms with Crippen molar-refractivity contribution < 1.29 is 9.84 Å². The zero-order chi connectivity index (χ0) is 18.7. The highest BCUT2D eigenvalue weighted by Gasteiger charge is 2.35. The minimum Gasteiger partial charge on any atom is -0.390 e. The van der Waals surface area contributed by atoms with E-state index in [4.69, 9.17) is 16.3 Å². The van der Waals surface area contributed by atoms with E-state index in [9.17, 15) is 14.7 Å². The number of aliphatic hydroxyl groups is 1. The molecule has 0 spiro atoms. The fourth-order valence-corrected chi connectivity index (χ4v) is 4.33. The van der Waals surface area contributed by atoms with E-state index >= 15 is 0 Å². The number of halogens is 1. The third kappa shape index (κ3) is 4.23. The van der Waals surface area contributed by atoms with Gasteiger partial charge in [0.15, 0.2) is 0 Å². The molecule has 2 aromatic rings. The molecule has 26 heavy (non-hydrogen) atoms. The van der Waals surface area contributed by atoms with Crippen molar-refractivity contribution in [2.75, 3.05) is 5.75 Å². The summed E-state index contributed by atoms with van der Waals surface area (Å²) in [6, 6.07) is 7.64. The number of benzene rings is 1. The van der Waals surface area contributed by atoms with Crippen molar-refractivity contribution in [3.63, 3.8) is 0 Å². The monoisotopic (exact) mass is 396 g/mol. The number of aromatic nitrogens is 2.